The van der Waals surface area contributed by atoms with Gasteiger partial charge >= 0.3 is 0 Å². The third-order valence-electron chi connectivity index (χ3n) is 3.28. The van der Waals surface area contributed by atoms with Crippen molar-refractivity contribution < 1.29 is 8.42 Å². The van der Waals surface area contributed by atoms with Crippen LogP contribution in [0.25, 0.3) is 0 Å². The Balaban J connectivity index is 2.04. The topological polar surface area (TPSA) is 63.4 Å². The molecule has 2 rings (SSSR count). The fraction of sp³-hybridized carbons (Fsp3) is 0.500. The van der Waals surface area contributed by atoms with Gasteiger partial charge in [-0.25, -0.2) is 8.42 Å². The Hall–Kier alpha value is -0.620. The van der Waals surface area contributed by atoms with Crippen LogP contribution in [0.2, 0.25) is 5.02 Å². The summed E-state index contributed by atoms with van der Waals surface area (Å²) in [5.41, 5.74) is 6.99. The first-order valence-electron chi connectivity index (χ1n) is 5.78. The smallest absolute Gasteiger partial charge is 0.153 e. The molecule has 1 aliphatic heterocycles. The number of nitrogens with two attached hydrogens (primary N) is 1. The van der Waals surface area contributed by atoms with E-state index in [0.29, 0.717) is 11.6 Å². The number of hydrogen-bond acceptors (Lipinski definition) is 4. The van der Waals surface area contributed by atoms with Crippen LogP contribution in [-0.4, -0.2) is 44.0 Å². The minimum atomic E-state index is -2.98. The Morgan fingerprint density at radius 1 is 1.33 bits per heavy atom. The monoisotopic (exact) mass is 288 g/mol. The molecule has 18 heavy (non-hydrogen) atoms. The second kappa shape index (κ2) is 5.17. The number of rotatable bonds is 3. The van der Waals surface area contributed by atoms with Crippen LogP contribution in [0.15, 0.2) is 24.3 Å². The molecule has 1 fully saturated rings. The molecule has 0 aromatic heterocycles. The van der Waals surface area contributed by atoms with E-state index in [0.717, 1.165) is 5.56 Å². The van der Waals surface area contributed by atoms with E-state index in [9.17, 15) is 8.42 Å². The number of sulfone groups is 1. The van der Waals surface area contributed by atoms with Crippen molar-refractivity contribution in [3.05, 3.63) is 34.9 Å². The van der Waals surface area contributed by atoms with Gasteiger partial charge in [-0.2, -0.15) is 0 Å². The normalized spacial score (nSPS) is 26.7. The highest BCUT2D eigenvalue weighted by atomic mass is 35.5. The third-order valence-corrected chi connectivity index (χ3v) is 5.27. The van der Waals surface area contributed by atoms with Crippen molar-refractivity contribution in [3.8, 4) is 0 Å². The van der Waals surface area contributed by atoms with E-state index in [2.05, 4.69) is 0 Å². The summed E-state index contributed by atoms with van der Waals surface area (Å²) < 4.78 is 23.1. The standard InChI is InChI=1S/C12H17ClN2O2S/c1-15(6-9-2-4-10(13)5-3-9)12-8-18(16,17)7-11(12)14/h2-5,11-12H,6-8,14H2,1H3. The third kappa shape index (κ3) is 3.23. The van der Waals surface area contributed by atoms with Crippen LogP contribution in [0.5, 0.6) is 0 Å². The first kappa shape index (κ1) is 13.8. The summed E-state index contributed by atoms with van der Waals surface area (Å²) in [6.07, 6.45) is 0. The first-order chi connectivity index (χ1) is 8.37. The van der Waals surface area contributed by atoms with Crippen LogP contribution in [0.4, 0.5) is 0 Å². The molecule has 2 atom stereocenters. The van der Waals surface area contributed by atoms with Crippen LogP contribution in [0.3, 0.4) is 0 Å². The zero-order valence-corrected chi connectivity index (χ0v) is 11.8. The Bertz CT molecular complexity index is 515. The maximum absolute atomic E-state index is 11.5. The molecule has 1 aromatic carbocycles. The van der Waals surface area contributed by atoms with Crippen molar-refractivity contribution in [2.45, 2.75) is 18.6 Å². The average molecular weight is 289 g/mol. The van der Waals surface area contributed by atoms with Crippen molar-refractivity contribution in [1.82, 2.24) is 4.90 Å². The van der Waals surface area contributed by atoms with Crippen molar-refractivity contribution >= 4 is 21.4 Å². The molecular weight excluding hydrogens is 272 g/mol. The molecule has 1 aromatic rings. The van der Waals surface area contributed by atoms with Gasteiger partial charge in [-0.15, -0.1) is 0 Å². The van der Waals surface area contributed by atoms with Crippen LogP contribution in [0, 0.1) is 0 Å². The summed E-state index contributed by atoms with van der Waals surface area (Å²) in [6, 6.07) is 7.13. The summed E-state index contributed by atoms with van der Waals surface area (Å²) >= 11 is 5.82. The number of benzene rings is 1. The molecule has 0 saturated carbocycles. The van der Waals surface area contributed by atoms with Gasteiger partial charge in [0.05, 0.1) is 11.5 Å². The highest BCUT2D eigenvalue weighted by molar-refractivity contribution is 7.91. The highest BCUT2D eigenvalue weighted by Gasteiger charge is 2.37. The summed E-state index contributed by atoms with van der Waals surface area (Å²) in [6.45, 7) is 0.672. The largest absolute Gasteiger partial charge is 0.325 e. The van der Waals surface area contributed by atoms with Crippen molar-refractivity contribution in [1.29, 1.82) is 0 Å². The highest BCUT2D eigenvalue weighted by Crippen LogP contribution is 2.18. The Labute approximate surface area is 113 Å². The van der Waals surface area contributed by atoms with Gasteiger partial charge in [0, 0.05) is 23.7 Å². The van der Waals surface area contributed by atoms with Gasteiger partial charge < -0.3 is 5.73 Å². The van der Waals surface area contributed by atoms with Crippen molar-refractivity contribution in [2.75, 3.05) is 18.6 Å². The molecule has 0 bridgehead atoms. The summed E-state index contributed by atoms with van der Waals surface area (Å²) in [5.74, 6) is 0.237. The van der Waals surface area contributed by atoms with Gasteiger partial charge in [-0.3, -0.25) is 4.90 Å². The van der Waals surface area contributed by atoms with Gasteiger partial charge in [-0.1, -0.05) is 23.7 Å². The Morgan fingerprint density at radius 2 is 1.94 bits per heavy atom. The molecule has 6 heteroatoms. The molecule has 0 aliphatic carbocycles. The van der Waals surface area contributed by atoms with Gasteiger partial charge in [0.25, 0.3) is 0 Å². The van der Waals surface area contributed by atoms with Crippen LogP contribution < -0.4 is 5.73 Å². The zero-order chi connectivity index (χ0) is 13.3. The molecule has 2 unspecified atom stereocenters. The molecule has 0 spiro atoms. The molecule has 0 radical (unpaired) electrons. The lowest BCUT2D eigenvalue weighted by molar-refractivity contribution is 0.236. The van der Waals surface area contributed by atoms with Crippen LogP contribution in [-0.2, 0) is 16.4 Å². The minimum absolute atomic E-state index is 0.0859. The van der Waals surface area contributed by atoms with E-state index in [-0.39, 0.29) is 23.6 Å². The number of hydrogen-bond donors (Lipinski definition) is 1. The molecule has 1 aliphatic rings. The lowest BCUT2D eigenvalue weighted by Crippen LogP contribution is -2.44. The average Bonchev–Trinajstić information content (AvgIpc) is 2.55. The molecule has 1 heterocycles. The van der Waals surface area contributed by atoms with Crippen LogP contribution in [0.1, 0.15) is 5.56 Å². The Morgan fingerprint density at radius 3 is 2.44 bits per heavy atom. The van der Waals surface area contributed by atoms with Crippen molar-refractivity contribution in [2.24, 2.45) is 5.73 Å². The second-order valence-corrected chi connectivity index (χ2v) is 7.44. The van der Waals surface area contributed by atoms with E-state index in [4.69, 9.17) is 17.3 Å². The lowest BCUT2D eigenvalue weighted by Gasteiger charge is -2.26. The molecule has 4 nitrogen and oxygen atoms in total. The quantitative estimate of drug-likeness (QED) is 0.897. The molecule has 1 saturated heterocycles. The predicted octanol–water partition coefficient (Wildman–Crippen LogP) is 0.896. The van der Waals surface area contributed by atoms with Gasteiger partial charge in [0.15, 0.2) is 9.84 Å². The van der Waals surface area contributed by atoms with E-state index in [1.54, 1.807) is 0 Å². The summed E-state index contributed by atoms with van der Waals surface area (Å²) in [4.78, 5) is 2.00. The van der Waals surface area contributed by atoms with E-state index >= 15 is 0 Å². The SMILES string of the molecule is CN(Cc1ccc(Cl)cc1)C1CS(=O)(=O)CC1N. The number of likely N-dealkylation sites (N-methyl/N-ethyl adjacent to an activating group) is 1. The van der Waals surface area contributed by atoms with E-state index in [1.165, 1.54) is 0 Å². The lowest BCUT2D eigenvalue weighted by atomic mass is 10.1. The van der Waals surface area contributed by atoms with Crippen LogP contribution >= 0.6 is 11.6 Å². The summed E-state index contributed by atoms with van der Waals surface area (Å²) in [7, 11) is -1.07. The van der Waals surface area contributed by atoms with Gasteiger partial charge in [0.1, 0.15) is 0 Å². The predicted molar refractivity (Wildman–Crippen MR) is 73.3 cm³/mol. The first-order valence-corrected chi connectivity index (χ1v) is 7.98. The zero-order valence-electron chi connectivity index (χ0n) is 10.2. The maximum Gasteiger partial charge on any atom is 0.153 e. The molecule has 100 valence electrons. The molecule has 0 amide bonds. The fourth-order valence-electron chi connectivity index (χ4n) is 2.31. The number of nitrogens with zero attached hydrogens (tertiary/aromatic N) is 1. The van der Waals surface area contributed by atoms with E-state index in [1.807, 2.05) is 36.2 Å². The summed E-state index contributed by atoms with van der Waals surface area (Å²) in [5, 5.41) is 0.696. The maximum atomic E-state index is 11.5. The Kier molecular flexibility index (Phi) is 3.96. The molecular formula is C12H17ClN2O2S. The minimum Gasteiger partial charge on any atom is -0.325 e. The number of halogens is 1. The van der Waals surface area contributed by atoms with Crippen molar-refractivity contribution in [3.63, 3.8) is 0 Å². The van der Waals surface area contributed by atoms with Gasteiger partial charge in [0.2, 0.25) is 0 Å². The van der Waals surface area contributed by atoms with Gasteiger partial charge in [-0.05, 0) is 24.7 Å². The fourth-order valence-corrected chi connectivity index (χ4v) is 4.40. The van der Waals surface area contributed by atoms with E-state index < -0.39 is 9.84 Å². The second-order valence-electron chi connectivity index (χ2n) is 4.85. The molecule has 2 N–H and O–H groups in total.